The number of likely N-dealkylation sites (N-methyl/N-ethyl adjacent to an activating group) is 1. The van der Waals surface area contributed by atoms with Crippen molar-refractivity contribution in [2.75, 3.05) is 63.9 Å². The highest BCUT2D eigenvalue weighted by Crippen LogP contribution is 2.10. The van der Waals surface area contributed by atoms with Crippen molar-refractivity contribution in [3.63, 3.8) is 0 Å². The summed E-state index contributed by atoms with van der Waals surface area (Å²) in [6, 6.07) is 0. The molecule has 7 nitrogen and oxygen atoms in total. The van der Waals surface area contributed by atoms with E-state index < -0.39 is 0 Å². The summed E-state index contributed by atoms with van der Waals surface area (Å²) < 4.78 is 0. The molecule has 1 aromatic heterocycles. The predicted molar refractivity (Wildman–Crippen MR) is 70.7 cm³/mol. The van der Waals surface area contributed by atoms with E-state index in [1.807, 2.05) is 33.1 Å². The minimum atomic E-state index is 0.566. The van der Waals surface area contributed by atoms with E-state index in [-0.39, 0.29) is 0 Å². The van der Waals surface area contributed by atoms with Gasteiger partial charge in [-0.3, -0.25) is 0 Å². The number of hydrogen-bond acceptors (Lipinski definition) is 7. The zero-order valence-electron chi connectivity index (χ0n) is 11.2. The fourth-order valence-electron chi connectivity index (χ4n) is 1.15. The lowest BCUT2D eigenvalue weighted by Crippen LogP contribution is -2.22. The highest BCUT2D eigenvalue weighted by Gasteiger charge is 2.06. The molecule has 1 aromatic rings. The molecule has 0 fully saturated rings. The van der Waals surface area contributed by atoms with Crippen LogP contribution in [0.3, 0.4) is 0 Å². The lowest BCUT2D eigenvalue weighted by Gasteiger charge is -2.14. The molecule has 2 N–H and O–H groups in total. The van der Waals surface area contributed by atoms with Gasteiger partial charge in [0.05, 0.1) is 0 Å². The predicted octanol–water partition coefficient (Wildman–Crippen LogP) is -0.0472. The Hall–Kier alpha value is -1.63. The van der Waals surface area contributed by atoms with Crippen LogP contribution < -0.4 is 15.5 Å². The Morgan fingerprint density at radius 3 is 2.18 bits per heavy atom. The molecule has 0 spiro atoms. The third kappa shape index (κ3) is 4.39. The highest BCUT2D eigenvalue weighted by molar-refractivity contribution is 5.42. The average molecular weight is 239 g/mol. The van der Waals surface area contributed by atoms with Crippen molar-refractivity contribution in [1.82, 2.24) is 19.9 Å². The number of hydrogen-bond donors (Lipinski definition) is 2. The third-order valence-corrected chi connectivity index (χ3v) is 2.09. The van der Waals surface area contributed by atoms with E-state index in [4.69, 9.17) is 0 Å². The zero-order chi connectivity index (χ0) is 12.8. The van der Waals surface area contributed by atoms with Gasteiger partial charge in [0.1, 0.15) is 0 Å². The van der Waals surface area contributed by atoms with Crippen LogP contribution >= 0.6 is 0 Å². The SMILES string of the molecule is CNc1nc(NCCN(C)C)nc(N(C)C)n1. The van der Waals surface area contributed by atoms with Crippen LogP contribution in [0, 0.1) is 0 Å². The summed E-state index contributed by atoms with van der Waals surface area (Å²) in [6.07, 6.45) is 0. The average Bonchev–Trinajstić information content (AvgIpc) is 2.28. The van der Waals surface area contributed by atoms with E-state index in [2.05, 4.69) is 30.5 Å². The molecule has 1 heterocycles. The number of aromatic nitrogens is 3. The van der Waals surface area contributed by atoms with Gasteiger partial charge in [0.2, 0.25) is 17.8 Å². The topological polar surface area (TPSA) is 69.2 Å². The summed E-state index contributed by atoms with van der Waals surface area (Å²) in [5, 5.41) is 6.10. The molecule has 0 saturated carbocycles. The highest BCUT2D eigenvalue weighted by atomic mass is 15.3. The van der Waals surface area contributed by atoms with Crippen molar-refractivity contribution in [2.45, 2.75) is 0 Å². The van der Waals surface area contributed by atoms with Crippen molar-refractivity contribution in [3.8, 4) is 0 Å². The van der Waals surface area contributed by atoms with Crippen LogP contribution in [-0.2, 0) is 0 Å². The Morgan fingerprint density at radius 2 is 1.65 bits per heavy atom. The van der Waals surface area contributed by atoms with E-state index in [0.29, 0.717) is 17.8 Å². The molecule has 0 aliphatic carbocycles. The molecular weight excluding hydrogens is 218 g/mol. The molecule has 0 bridgehead atoms. The molecule has 17 heavy (non-hydrogen) atoms. The molecule has 0 atom stereocenters. The smallest absolute Gasteiger partial charge is 0.231 e. The molecule has 1 rings (SSSR count). The van der Waals surface area contributed by atoms with Crippen LogP contribution in [0.15, 0.2) is 0 Å². The monoisotopic (exact) mass is 239 g/mol. The van der Waals surface area contributed by atoms with Gasteiger partial charge in [0.15, 0.2) is 0 Å². The van der Waals surface area contributed by atoms with Crippen molar-refractivity contribution >= 4 is 17.8 Å². The maximum atomic E-state index is 4.31. The number of nitrogens with zero attached hydrogens (tertiary/aromatic N) is 5. The minimum absolute atomic E-state index is 0.566. The Morgan fingerprint density at radius 1 is 1.00 bits per heavy atom. The van der Waals surface area contributed by atoms with Crippen LogP contribution in [-0.4, -0.2) is 68.2 Å². The summed E-state index contributed by atoms with van der Waals surface area (Å²) in [7, 11) is 9.65. The fraction of sp³-hybridized carbons (Fsp3) is 0.700. The van der Waals surface area contributed by atoms with Crippen LogP contribution in [0.4, 0.5) is 17.8 Å². The molecule has 0 aliphatic heterocycles. The molecule has 0 amide bonds. The first-order valence-electron chi connectivity index (χ1n) is 5.52. The maximum Gasteiger partial charge on any atom is 0.231 e. The lowest BCUT2D eigenvalue weighted by atomic mass is 10.6. The van der Waals surface area contributed by atoms with Crippen molar-refractivity contribution in [3.05, 3.63) is 0 Å². The van der Waals surface area contributed by atoms with Gasteiger partial charge in [-0.25, -0.2) is 0 Å². The van der Waals surface area contributed by atoms with Crippen LogP contribution in [0.5, 0.6) is 0 Å². The van der Waals surface area contributed by atoms with E-state index in [1.54, 1.807) is 7.05 Å². The standard InChI is InChI=1S/C10H21N7/c1-11-8-13-9(12-6-7-16(2)3)15-10(14-8)17(4)5/h6-7H2,1-5H3,(H2,11,12,13,14,15). The summed E-state index contributed by atoms with van der Waals surface area (Å²) >= 11 is 0. The molecule has 7 heteroatoms. The quantitative estimate of drug-likeness (QED) is 0.721. The first-order valence-corrected chi connectivity index (χ1v) is 5.52. The van der Waals surface area contributed by atoms with Gasteiger partial charge in [0.25, 0.3) is 0 Å². The Balaban J connectivity index is 2.73. The third-order valence-electron chi connectivity index (χ3n) is 2.09. The van der Waals surface area contributed by atoms with Crippen molar-refractivity contribution in [2.24, 2.45) is 0 Å². The van der Waals surface area contributed by atoms with Gasteiger partial charge in [-0.1, -0.05) is 0 Å². The van der Waals surface area contributed by atoms with Crippen LogP contribution in [0.25, 0.3) is 0 Å². The molecule has 0 aromatic carbocycles. The second-order valence-corrected chi connectivity index (χ2v) is 4.16. The summed E-state index contributed by atoms with van der Waals surface area (Å²) in [4.78, 5) is 16.7. The molecule has 0 radical (unpaired) electrons. The minimum Gasteiger partial charge on any atom is -0.357 e. The van der Waals surface area contributed by atoms with E-state index >= 15 is 0 Å². The molecule has 96 valence electrons. The fourth-order valence-corrected chi connectivity index (χ4v) is 1.15. The molecule has 0 unspecified atom stereocenters. The van der Waals surface area contributed by atoms with E-state index in [0.717, 1.165) is 13.1 Å². The summed E-state index contributed by atoms with van der Waals surface area (Å²) in [6.45, 7) is 1.73. The zero-order valence-corrected chi connectivity index (χ0v) is 11.2. The first kappa shape index (κ1) is 13.4. The van der Waals surface area contributed by atoms with E-state index in [9.17, 15) is 0 Å². The van der Waals surface area contributed by atoms with Gasteiger partial charge in [-0.2, -0.15) is 15.0 Å². The van der Waals surface area contributed by atoms with Crippen LogP contribution in [0.1, 0.15) is 0 Å². The largest absolute Gasteiger partial charge is 0.357 e. The van der Waals surface area contributed by atoms with Crippen molar-refractivity contribution < 1.29 is 0 Å². The number of nitrogens with one attached hydrogen (secondary N) is 2. The molecule has 0 aliphatic rings. The Kier molecular flexibility index (Phi) is 4.89. The summed E-state index contributed by atoms with van der Waals surface area (Å²) in [5.41, 5.74) is 0. The lowest BCUT2D eigenvalue weighted by molar-refractivity contribution is 0.425. The van der Waals surface area contributed by atoms with Gasteiger partial charge in [-0.15, -0.1) is 0 Å². The second kappa shape index (κ2) is 6.19. The molecule has 0 saturated heterocycles. The van der Waals surface area contributed by atoms with Gasteiger partial charge >= 0.3 is 0 Å². The van der Waals surface area contributed by atoms with Gasteiger partial charge in [-0.05, 0) is 14.1 Å². The normalized spacial score (nSPS) is 10.5. The van der Waals surface area contributed by atoms with Crippen molar-refractivity contribution in [1.29, 1.82) is 0 Å². The number of anilines is 3. The van der Waals surface area contributed by atoms with Gasteiger partial charge < -0.3 is 20.4 Å². The van der Waals surface area contributed by atoms with Crippen LogP contribution in [0.2, 0.25) is 0 Å². The van der Waals surface area contributed by atoms with Gasteiger partial charge in [0, 0.05) is 34.2 Å². The van der Waals surface area contributed by atoms with E-state index in [1.165, 1.54) is 0 Å². The Labute approximate surface area is 102 Å². The summed E-state index contributed by atoms with van der Waals surface area (Å²) in [5.74, 6) is 1.79. The number of rotatable bonds is 6. The first-order chi connectivity index (χ1) is 8.02. The molecular formula is C10H21N7. The Bertz CT molecular complexity index is 351. The maximum absolute atomic E-state index is 4.31. The second-order valence-electron chi connectivity index (χ2n) is 4.16.